The van der Waals surface area contributed by atoms with Crippen LogP contribution >= 0.6 is 0 Å². The van der Waals surface area contributed by atoms with Gasteiger partial charge in [0, 0.05) is 6.04 Å². The van der Waals surface area contributed by atoms with Gasteiger partial charge in [0.05, 0.1) is 6.04 Å². The van der Waals surface area contributed by atoms with Crippen molar-refractivity contribution in [2.75, 3.05) is 0 Å². The minimum atomic E-state index is 0.330. The van der Waals surface area contributed by atoms with Crippen molar-refractivity contribution in [2.45, 2.75) is 37.8 Å². The number of hydrogen-bond donors (Lipinski definition) is 1. The first-order valence-corrected chi connectivity index (χ1v) is 8.26. The average Bonchev–Trinajstić information content (AvgIpc) is 3.17. The molecule has 108 valence electrons. The van der Waals surface area contributed by atoms with Crippen LogP contribution in [0.3, 0.4) is 0 Å². The van der Waals surface area contributed by atoms with E-state index in [4.69, 9.17) is 0 Å². The predicted molar refractivity (Wildman–Crippen MR) is 87.1 cm³/mol. The predicted octanol–water partition coefficient (Wildman–Crippen LogP) is 4.55. The highest BCUT2D eigenvalue weighted by Gasteiger charge is 2.40. The van der Waals surface area contributed by atoms with Crippen LogP contribution in [0, 0.1) is 11.8 Å². The standard InChI is InChI=1S/C20H23N/c1-3-7-16(8-4-1)20(17-9-5-2-6-10-17)21-19-14-15-11-12-18(19)13-15/h1-10,15,18-21H,11-14H2/t15-,18-,19+/m0/s1. The van der Waals surface area contributed by atoms with Gasteiger partial charge in [0.15, 0.2) is 0 Å². The van der Waals surface area contributed by atoms with Gasteiger partial charge in [-0.2, -0.15) is 0 Å². The molecule has 3 atom stereocenters. The first-order valence-electron chi connectivity index (χ1n) is 8.26. The van der Waals surface area contributed by atoms with E-state index in [1.807, 2.05) is 0 Å². The second kappa shape index (κ2) is 5.65. The van der Waals surface area contributed by atoms with Gasteiger partial charge in [-0.15, -0.1) is 0 Å². The largest absolute Gasteiger partial charge is 0.303 e. The molecule has 4 rings (SSSR count). The van der Waals surface area contributed by atoms with E-state index in [2.05, 4.69) is 66.0 Å². The van der Waals surface area contributed by atoms with Crippen LogP contribution in [-0.2, 0) is 0 Å². The minimum Gasteiger partial charge on any atom is -0.303 e. The zero-order valence-corrected chi connectivity index (χ0v) is 12.4. The maximum absolute atomic E-state index is 3.98. The monoisotopic (exact) mass is 277 g/mol. The van der Waals surface area contributed by atoms with E-state index in [1.165, 1.54) is 36.8 Å². The van der Waals surface area contributed by atoms with Gasteiger partial charge in [-0.25, -0.2) is 0 Å². The van der Waals surface area contributed by atoms with Crippen LogP contribution in [0.4, 0.5) is 0 Å². The zero-order valence-electron chi connectivity index (χ0n) is 12.4. The third-order valence-corrected chi connectivity index (χ3v) is 5.38. The molecule has 1 heteroatoms. The number of rotatable bonds is 4. The molecule has 0 aliphatic heterocycles. The summed E-state index contributed by atoms with van der Waals surface area (Å²) in [6.07, 6.45) is 5.72. The Labute approximate surface area is 127 Å². The summed E-state index contributed by atoms with van der Waals surface area (Å²) in [6, 6.07) is 22.8. The summed E-state index contributed by atoms with van der Waals surface area (Å²) in [6.45, 7) is 0. The van der Waals surface area contributed by atoms with Gasteiger partial charge in [0.2, 0.25) is 0 Å². The Morgan fingerprint density at radius 2 is 1.38 bits per heavy atom. The van der Waals surface area contributed by atoms with Crippen molar-refractivity contribution < 1.29 is 0 Å². The molecular weight excluding hydrogens is 254 g/mol. The molecule has 1 N–H and O–H groups in total. The van der Waals surface area contributed by atoms with Gasteiger partial charge < -0.3 is 5.32 Å². The lowest BCUT2D eigenvalue weighted by Gasteiger charge is -2.29. The van der Waals surface area contributed by atoms with E-state index in [0.717, 1.165) is 11.8 Å². The smallest absolute Gasteiger partial charge is 0.0578 e. The molecule has 0 spiro atoms. The Morgan fingerprint density at radius 1 is 0.762 bits per heavy atom. The molecule has 2 aliphatic carbocycles. The zero-order chi connectivity index (χ0) is 14.1. The summed E-state index contributed by atoms with van der Waals surface area (Å²) in [5.74, 6) is 1.89. The fourth-order valence-electron chi connectivity index (χ4n) is 4.34. The topological polar surface area (TPSA) is 12.0 Å². The van der Waals surface area contributed by atoms with Crippen LogP contribution in [-0.4, -0.2) is 6.04 Å². The molecule has 2 bridgehead atoms. The Kier molecular flexibility index (Phi) is 3.52. The lowest BCUT2D eigenvalue weighted by Crippen LogP contribution is -2.37. The average molecular weight is 277 g/mol. The summed E-state index contributed by atoms with van der Waals surface area (Å²) in [5, 5.41) is 3.98. The van der Waals surface area contributed by atoms with E-state index in [1.54, 1.807) is 0 Å². The van der Waals surface area contributed by atoms with Crippen LogP contribution in [0.25, 0.3) is 0 Å². The van der Waals surface area contributed by atoms with Crippen molar-refractivity contribution in [1.82, 2.24) is 5.32 Å². The quantitative estimate of drug-likeness (QED) is 0.864. The van der Waals surface area contributed by atoms with Crippen molar-refractivity contribution >= 4 is 0 Å². The Morgan fingerprint density at radius 3 is 1.86 bits per heavy atom. The van der Waals surface area contributed by atoms with Crippen molar-refractivity contribution in [2.24, 2.45) is 11.8 Å². The van der Waals surface area contributed by atoms with Crippen LogP contribution in [0.2, 0.25) is 0 Å². The molecule has 2 saturated carbocycles. The van der Waals surface area contributed by atoms with Crippen LogP contribution in [0.1, 0.15) is 42.9 Å². The molecular formula is C20H23N. The Balaban J connectivity index is 1.61. The molecule has 2 fully saturated rings. The van der Waals surface area contributed by atoms with Crippen molar-refractivity contribution in [3.05, 3.63) is 71.8 Å². The number of hydrogen-bond acceptors (Lipinski definition) is 1. The number of benzene rings is 2. The molecule has 1 nitrogen and oxygen atoms in total. The second-order valence-electron chi connectivity index (χ2n) is 6.70. The first-order chi connectivity index (χ1) is 10.4. The molecule has 2 aromatic carbocycles. The summed E-state index contributed by atoms with van der Waals surface area (Å²) in [7, 11) is 0. The third kappa shape index (κ3) is 2.63. The second-order valence-corrected chi connectivity index (χ2v) is 6.70. The maximum atomic E-state index is 3.98. The van der Waals surface area contributed by atoms with E-state index >= 15 is 0 Å². The highest BCUT2D eigenvalue weighted by molar-refractivity contribution is 5.31. The van der Waals surface area contributed by atoms with Crippen LogP contribution in [0.5, 0.6) is 0 Å². The number of fused-ring (bicyclic) bond motifs is 2. The van der Waals surface area contributed by atoms with Gasteiger partial charge in [-0.1, -0.05) is 67.1 Å². The van der Waals surface area contributed by atoms with Gasteiger partial charge in [-0.3, -0.25) is 0 Å². The Bertz CT molecular complexity index is 538. The lowest BCUT2D eigenvalue weighted by molar-refractivity contribution is 0.334. The third-order valence-electron chi connectivity index (χ3n) is 5.38. The van der Waals surface area contributed by atoms with Gasteiger partial charge in [0.25, 0.3) is 0 Å². The fourth-order valence-corrected chi connectivity index (χ4v) is 4.34. The normalized spacial score (nSPS) is 27.4. The molecule has 0 saturated heterocycles. The molecule has 0 amide bonds. The van der Waals surface area contributed by atoms with E-state index < -0.39 is 0 Å². The van der Waals surface area contributed by atoms with Crippen molar-refractivity contribution in [3.63, 3.8) is 0 Å². The molecule has 0 aromatic heterocycles. The highest BCUT2D eigenvalue weighted by atomic mass is 15.0. The molecule has 2 aromatic rings. The first kappa shape index (κ1) is 13.1. The fraction of sp³-hybridized carbons (Fsp3) is 0.400. The van der Waals surface area contributed by atoms with E-state index in [9.17, 15) is 0 Å². The van der Waals surface area contributed by atoms with Crippen LogP contribution in [0.15, 0.2) is 60.7 Å². The molecule has 0 unspecified atom stereocenters. The molecule has 2 aliphatic rings. The summed E-state index contributed by atoms with van der Waals surface area (Å²) >= 11 is 0. The van der Waals surface area contributed by atoms with E-state index in [-0.39, 0.29) is 0 Å². The number of nitrogens with one attached hydrogen (secondary N) is 1. The van der Waals surface area contributed by atoms with Gasteiger partial charge >= 0.3 is 0 Å². The summed E-state index contributed by atoms with van der Waals surface area (Å²) < 4.78 is 0. The van der Waals surface area contributed by atoms with E-state index in [0.29, 0.717) is 12.1 Å². The van der Waals surface area contributed by atoms with Crippen molar-refractivity contribution in [1.29, 1.82) is 0 Å². The summed E-state index contributed by atoms with van der Waals surface area (Å²) in [5.41, 5.74) is 2.76. The summed E-state index contributed by atoms with van der Waals surface area (Å²) in [4.78, 5) is 0. The van der Waals surface area contributed by atoms with Gasteiger partial charge in [0.1, 0.15) is 0 Å². The van der Waals surface area contributed by atoms with Crippen LogP contribution < -0.4 is 5.32 Å². The lowest BCUT2D eigenvalue weighted by atomic mass is 9.92. The minimum absolute atomic E-state index is 0.330. The highest BCUT2D eigenvalue weighted by Crippen LogP contribution is 2.45. The molecule has 0 radical (unpaired) electrons. The molecule has 0 heterocycles. The maximum Gasteiger partial charge on any atom is 0.0578 e. The van der Waals surface area contributed by atoms with Gasteiger partial charge in [-0.05, 0) is 42.2 Å². The van der Waals surface area contributed by atoms with Crippen molar-refractivity contribution in [3.8, 4) is 0 Å². The molecule has 21 heavy (non-hydrogen) atoms. The SMILES string of the molecule is c1ccc(C(N[C@@H]2C[C@H]3CC[C@H]2C3)c2ccccc2)cc1. The Hall–Kier alpha value is -1.60.